The van der Waals surface area contributed by atoms with E-state index in [4.69, 9.17) is 0 Å². The Balaban J connectivity index is 1.67. The van der Waals surface area contributed by atoms with Crippen LogP contribution in [0.3, 0.4) is 0 Å². The number of carbonyl (C=O) groups excluding carboxylic acids is 1. The van der Waals surface area contributed by atoms with Gasteiger partial charge in [-0.05, 0) is 43.7 Å². The summed E-state index contributed by atoms with van der Waals surface area (Å²) in [7, 11) is 0. The molecule has 1 aromatic heterocycles. The van der Waals surface area contributed by atoms with Crippen molar-refractivity contribution in [1.29, 1.82) is 0 Å². The second-order valence-electron chi connectivity index (χ2n) is 6.43. The minimum atomic E-state index is 0.0103. The fourth-order valence-electron chi connectivity index (χ4n) is 3.07. The lowest BCUT2D eigenvalue weighted by Crippen LogP contribution is -2.16. The van der Waals surface area contributed by atoms with Crippen molar-refractivity contribution in [2.24, 2.45) is 0 Å². The van der Waals surface area contributed by atoms with Crippen molar-refractivity contribution in [2.45, 2.75) is 51.0 Å². The maximum Gasteiger partial charge on any atom is 0.234 e. The smallest absolute Gasteiger partial charge is 0.234 e. The van der Waals surface area contributed by atoms with Crippen molar-refractivity contribution in [3.8, 4) is 0 Å². The standard InChI is InChI=1S/C19H23N3OS/c1-12(2)14-7-4-5-9-16(14)22-18(23)11-24-19-15-8-6-10-17(15)20-13(3)21-19/h4-5,7,9,12H,6,8,10-11H2,1-3H3,(H,22,23). The third-order valence-corrected chi connectivity index (χ3v) is 5.22. The highest BCUT2D eigenvalue weighted by atomic mass is 32.2. The third-order valence-electron chi connectivity index (χ3n) is 4.20. The number of carbonyl (C=O) groups is 1. The lowest BCUT2D eigenvalue weighted by molar-refractivity contribution is -0.113. The second kappa shape index (κ2) is 7.34. The Morgan fingerprint density at radius 3 is 2.83 bits per heavy atom. The van der Waals surface area contributed by atoms with Gasteiger partial charge >= 0.3 is 0 Å². The molecule has 5 heteroatoms. The van der Waals surface area contributed by atoms with Crippen LogP contribution in [0.1, 0.15) is 48.8 Å². The SMILES string of the molecule is Cc1nc2c(c(SCC(=O)Nc3ccccc3C(C)C)n1)CCC2. The summed E-state index contributed by atoms with van der Waals surface area (Å²) in [5, 5.41) is 4.02. The van der Waals surface area contributed by atoms with Crippen molar-refractivity contribution in [3.63, 3.8) is 0 Å². The molecule has 3 rings (SSSR count). The van der Waals surface area contributed by atoms with Gasteiger partial charge in [0.2, 0.25) is 5.91 Å². The zero-order chi connectivity index (χ0) is 17.1. The number of anilines is 1. The molecule has 0 bridgehead atoms. The quantitative estimate of drug-likeness (QED) is 0.656. The van der Waals surface area contributed by atoms with E-state index in [2.05, 4.69) is 35.2 Å². The van der Waals surface area contributed by atoms with Gasteiger partial charge in [0.1, 0.15) is 10.9 Å². The Bertz CT molecular complexity index is 758. The summed E-state index contributed by atoms with van der Waals surface area (Å²) in [6, 6.07) is 7.99. The first kappa shape index (κ1) is 17.0. The maximum atomic E-state index is 12.4. The average Bonchev–Trinajstić information content (AvgIpc) is 3.01. The number of thioether (sulfide) groups is 1. The molecule has 2 aromatic rings. The normalized spacial score (nSPS) is 13.2. The molecule has 0 radical (unpaired) electrons. The highest BCUT2D eigenvalue weighted by molar-refractivity contribution is 8.00. The molecule has 1 aromatic carbocycles. The molecule has 1 N–H and O–H groups in total. The number of para-hydroxylation sites is 1. The number of amides is 1. The molecule has 0 atom stereocenters. The largest absolute Gasteiger partial charge is 0.325 e. The Kier molecular flexibility index (Phi) is 5.19. The van der Waals surface area contributed by atoms with Gasteiger partial charge in [0, 0.05) is 16.9 Å². The molecule has 1 aliphatic carbocycles. The molecule has 0 saturated heterocycles. The van der Waals surface area contributed by atoms with Gasteiger partial charge < -0.3 is 5.32 Å². The molecular weight excluding hydrogens is 318 g/mol. The Morgan fingerprint density at radius 1 is 1.25 bits per heavy atom. The number of aromatic nitrogens is 2. The summed E-state index contributed by atoms with van der Waals surface area (Å²) in [4.78, 5) is 21.4. The number of nitrogens with zero attached hydrogens (tertiary/aromatic N) is 2. The van der Waals surface area contributed by atoms with Gasteiger partial charge in [-0.15, -0.1) is 0 Å². The first-order chi connectivity index (χ1) is 11.5. The first-order valence-electron chi connectivity index (χ1n) is 8.42. The second-order valence-corrected chi connectivity index (χ2v) is 7.40. The van der Waals surface area contributed by atoms with Crippen LogP contribution in [0.5, 0.6) is 0 Å². The van der Waals surface area contributed by atoms with Gasteiger partial charge in [-0.1, -0.05) is 43.8 Å². The zero-order valence-corrected chi connectivity index (χ0v) is 15.2. The average molecular weight is 341 g/mol. The Hall–Kier alpha value is -1.88. The predicted octanol–water partition coefficient (Wildman–Crippen LogP) is 4.13. The number of fused-ring (bicyclic) bond motifs is 1. The van der Waals surface area contributed by atoms with E-state index in [0.29, 0.717) is 11.7 Å². The topological polar surface area (TPSA) is 54.9 Å². The minimum absolute atomic E-state index is 0.0103. The van der Waals surface area contributed by atoms with Crippen LogP contribution in [0.25, 0.3) is 0 Å². The van der Waals surface area contributed by atoms with Gasteiger partial charge in [0.05, 0.1) is 5.75 Å². The Morgan fingerprint density at radius 2 is 2.04 bits per heavy atom. The van der Waals surface area contributed by atoms with Crippen molar-refractivity contribution in [1.82, 2.24) is 9.97 Å². The van der Waals surface area contributed by atoms with Gasteiger partial charge in [0.25, 0.3) is 0 Å². The van der Waals surface area contributed by atoms with Gasteiger partial charge in [-0.2, -0.15) is 0 Å². The summed E-state index contributed by atoms with van der Waals surface area (Å²) in [5.74, 6) is 1.55. The monoisotopic (exact) mass is 341 g/mol. The molecule has 0 unspecified atom stereocenters. The number of rotatable bonds is 5. The fourth-order valence-corrected chi connectivity index (χ4v) is 4.00. The summed E-state index contributed by atoms with van der Waals surface area (Å²) >= 11 is 1.52. The van der Waals surface area contributed by atoms with E-state index in [-0.39, 0.29) is 5.91 Å². The molecule has 0 aliphatic heterocycles. The van der Waals surface area contributed by atoms with Crippen LogP contribution in [-0.2, 0) is 17.6 Å². The minimum Gasteiger partial charge on any atom is -0.325 e. The van der Waals surface area contributed by atoms with Crippen LogP contribution >= 0.6 is 11.8 Å². The van der Waals surface area contributed by atoms with Crippen LogP contribution in [-0.4, -0.2) is 21.6 Å². The van der Waals surface area contributed by atoms with Crippen LogP contribution in [0, 0.1) is 6.92 Å². The van der Waals surface area contributed by atoms with E-state index >= 15 is 0 Å². The predicted molar refractivity (Wildman–Crippen MR) is 98.7 cm³/mol. The number of hydrogen-bond acceptors (Lipinski definition) is 4. The molecule has 4 nitrogen and oxygen atoms in total. The first-order valence-corrected chi connectivity index (χ1v) is 9.41. The molecular formula is C19H23N3OS. The van der Waals surface area contributed by atoms with E-state index in [1.807, 2.05) is 25.1 Å². The highest BCUT2D eigenvalue weighted by Crippen LogP contribution is 2.30. The molecule has 1 aliphatic rings. The number of nitrogens with one attached hydrogen (secondary N) is 1. The lowest BCUT2D eigenvalue weighted by Gasteiger charge is -2.14. The van der Waals surface area contributed by atoms with Gasteiger partial charge in [0.15, 0.2) is 0 Å². The number of aryl methyl sites for hydroxylation is 2. The van der Waals surface area contributed by atoms with E-state index in [0.717, 1.165) is 47.1 Å². The highest BCUT2D eigenvalue weighted by Gasteiger charge is 2.19. The number of hydrogen-bond donors (Lipinski definition) is 1. The molecule has 0 spiro atoms. The van der Waals surface area contributed by atoms with Crippen LogP contribution < -0.4 is 5.32 Å². The van der Waals surface area contributed by atoms with E-state index < -0.39 is 0 Å². The molecule has 1 amide bonds. The molecule has 126 valence electrons. The fraction of sp³-hybridized carbons (Fsp3) is 0.421. The van der Waals surface area contributed by atoms with Gasteiger partial charge in [-0.3, -0.25) is 4.79 Å². The van der Waals surface area contributed by atoms with E-state index in [1.165, 1.54) is 17.3 Å². The molecule has 0 saturated carbocycles. The van der Waals surface area contributed by atoms with Crippen molar-refractivity contribution in [2.75, 3.05) is 11.1 Å². The zero-order valence-electron chi connectivity index (χ0n) is 14.4. The van der Waals surface area contributed by atoms with E-state index in [9.17, 15) is 4.79 Å². The summed E-state index contributed by atoms with van der Waals surface area (Å²) < 4.78 is 0. The third kappa shape index (κ3) is 3.78. The summed E-state index contributed by atoms with van der Waals surface area (Å²) in [6.07, 6.45) is 3.19. The molecule has 0 fully saturated rings. The number of benzene rings is 1. The van der Waals surface area contributed by atoms with Gasteiger partial charge in [-0.25, -0.2) is 9.97 Å². The van der Waals surface area contributed by atoms with E-state index in [1.54, 1.807) is 0 Å². The summed E-state index contributed by atoms with van der Waals surface area (Å²) in [6.45, 7) is 6.18. The van der Waals surface area contributed by atoms with Crippen molar-refractivity contribution < 1.29 is 4.79 Å². The van der Waals surface area contributed by atoms with Crippen molar-refractivity contribution in [3.05, 3.63) is 46.9 Å². The Labute approximate surface area is 147 Å². The maximum absolute atomic E-state index is 12.4. The molecule has 1 heterocycles. The van der Waals surface area contributed by atoms with Crippen LogP contribution in [0.2, 0.25) is 0 Å². The van der Waals surface area contributed by atoms with Crippen LogP contribution in [0.15, 0.2) is 29.3 Å². The molecule has 24 heavy (non-hydrogen) atoms. The summed E-state index contributed by atoms with van der Waals surface area (Å²) in [5.41, 5.74) is 4.47. The lowest BCUT2D eigenvalue weighted by atomic mass is 10.0. The van der Waals surface area contributed by atoms with Crippen LogP contribution in [0.4, 0.5) is 5.69 Å². The van der Waals surface area contributed by atoms with Crippen molar-refractivity contribution >= 4 is 23.4 Å².